The highest BCUT2D eigenvalue weighted by Crippen LogP contribution is 2.30. The van der Waals surface area contributed by atoms with Gasteiger partial charge in [-0.15, -0.1) is 0 Å². The largest absolute Gasteiger partial charge is 0.504 e. The standard InChI is InChI=1S/C45H44O16/c1-54-37-21-29(5-13-33(37)46)9-17-41(50)58-25-45(26-59-42(51)18-10-30-6-14-34(47)38(22-30)55-2,27-60-43(52)19-11-31-7-15-35(48)39(23-31)56-3)28-61-44(53)20-12-32-8-16-36(49)40(24-32)57-4/h5-24,46-49H,25-28H2,1-4H3/b17-9+,18-10+,19-11+,20-12+. The van der Waals surface area contributed by atoms with Gasteiger partial charge in [0.15, 0.2) is 46.0 Å². The second kappa shape index (κ2) is 22.3. The first kappa shape index (κ1) is 45.8. The van der Waals surface area contributed by atoms with Crippen LogP contribution in [-0.4, -0.2) is 99.2 Å². The third-order valence-corrected chi connectivity index (χ3v) is 8.55. The highest BCUT2D eigenvalue weighted by molar-refractivity contribution is 5.89. The van der Waals surface area contributed by atoms with Gasteiger partial charge in [0.1, 0.15) is 31.8 Å². The topological polar surface area (TPSA) is 223 Å². The number of phenolic OH excluding ortho intramolecular Hbond substituents is 4. The lowest BCUT2D eigenvalue weighted by Gasteiger charge is -2.31. The Balaban J connectivity index is 1.61. The summed E-state index contributed by atoms with van der Waals surface area (Å²) in [6, 6.07) is 17.5. The van der Waals surface area contributed by atoms with Gasteiger partial charge in [-0.1, -0.05) is 24.3 Å². The molecule has 0 unspecified atom stereocenters. The molecule has 0 spiro atoms. The molecule has 0 aliphatic carbocycles. The van der Waals surface area contributed by atoms with Crippen LogP contribution in [0.2, 0.25) is 0 Å². The van der Waals surface area contributed by atoms with Gasteiger partial charge in [0.25, 0.3) is 0 Å². The first-order valence-electron chi connectivity index (χ1n) is 18.1. The smallest absolute Gasteiger partial charge is 0.330 e. The Bertz CT molecular complexity index is 1980. The van der Waals surface area contributed by atoms with Gasteiger partial charge in [-0.05, 0) is 95.1 Å². The van der Waals surface area contributed by atoms with Crippen LogP contribution >= 0.6 is 0 Å². The highest BCUT2D eigenvalue weighted by atomic mass is 16.6. The molecule has 61 heavy (non-hydrogen) atoms. The van der Waals surface area contributed by atoms with Gasteiger partial charge in [-0.3, -0.25) is 0 Å². The van der Waals surface area contributed by atoms with Crippen molar-refractivity contribution in [2.45, 2.75) is 0 Å². The lowest BCUT2D eigenvalue weighted by Crippen LogP contribution is -2.43. The third-order valence-electron chi connectivity index (χ3n) is 8.55. The van der Waals surface area contributed by atoms with Crippen LogP contribution in [0, 0.1) is 5.41 Å². The average Bonchev–Trinajstić information content (AvgIpc) is 3.27. The van der Waals surface area contributed by atoms with Crippen LogP contribution in [0.3, 0.4) is 0 Å². The van der Waals surface area contributed by atoms with Gasteiger partial charge in [0.2, 0.25) is 0 Å². The Morgan fingerprint density at radius 3 is 0.820 bits per heavy atom. The van der Waals surface area contributed by atoms with Crippen LogP contribution in [0.1, 0.15) is 22.3 Å². The van der Waals surface area contributed by atoms with E-state index < -0.39 is 55.7 Å². The van der Waals surface area contributed by atoms with Crippen molar-refractivity contribution in [3.05, 3.63) is 119 Å². The van der Waals surface area contributed by atoms with Crippen LogP contribution in [0.5, 0.6) is 46.0 Å². The van der Waals surface area contributed by atoms with Crippen molar-refractivity contribution in [2.75, 3.05) is 54.9 Å². The molecule has 0 aliphatic heterocycles. The van der Waals surface area contributed by atoms with E-state index in [1.807, 2.05) is 0 Å². The van der Waals surface area contributed by atoms with E-state index in [9.17, 15) is 39.6 Å². The molecule has 0 bridgehead atoms. The zero-order valence-corrected chi connectivity index (χ0v) is 33.6. The molecule has 0 aromatic heterocycles. The van der Waals surface area contributed by atoms with E-state index in [2.05, 4.69) is 0 Å². The number of ether oxygens (including phenoxy) is 8. The molecular weight excluding hydrogens is 796 g/mol. The second-order valence-electron chi connectivity index (χ2n) is 13.0. The van der Waals surface area contributed by atoms with E-state index >= 15 is 0 Å². The van der Waals surface area contributed by atoms with Crippen molar-refractivity contribution in [1.29, 1.82) is 0 Å². The van der Waals surface area contributed by atoms with Crippen molar-refractivity contribution >= 4 is 48.2 Å². The fourth-order valence-corrected chi connectivity index (χ4v) is 5.19. The number of carbonyl (C=O) groups excluding carboxylic acids is 4. The number of hydrogen-bond donors (Lipinski definition) is 4. The molecule has 4 N–H and O–H groups in total. The molecule has 0 fully saturated rings. The van der Waals surface area contributed by atoms with E-state index in [0.717, 1.165) is 24.3 Å². The van der Waals surface area contributed by atoms with E-state index in [0.29, 0.717) is 22.3 Å². The van der Waals surface area contributed by atoms with Crippen LogP contribution in [0.4, 0.5) is 0 Å². The summed E-state index contributed by atoms with van der Waals surface area (Å²) in [6.07, 6.45) is 9.89. The number of esters is 4. The van der Waals surface area contributed by atoms with Gasteiger partial charge < -0.3 is 58.3 Å². The lowest BCUT2D eigenvalue weighted by molar-refractivity contribution is -0.164. The van der Waals surface area contributed by atoms with Gasteiger partial charge in [-0.25, -0.2) is 19.2 Å². The fraction of sp³-hybridized carbons (Fsp3) is 0.200. The summed E-state index contributed by atoms with van der Waals surface area (Å²) in [5.41, 5.74) is 0.201. The monoisotopic (exact) mass is 840 g/mol. The molecule has 0 atom stereocenters. The van der Waals surface area contributed by atoms with E-state index in [-0.39, 0.29) is 46.0 Å². The Morgan fingerprint density at radius 2 is 0.623 bits per heavy atom. The molecule has 4 aromatic carbocycles. The van der Waals surface area contributed by atoms with Crippen molar-refractivity contribution in [2.24, 2.45) is 5.41 Å². The number of rotatable bonds is 20. The van der Waals surface area contributed by atoms with Crippen LogP contribution < -0.4 is 18.9 Å². The molecule has 4 aromatic rings. The molecule has 0 saturated heterocycles. The number of hydrogen-bond acceptors (Lipinski definition) is 16. The minimum Gasteiger partial charge on any atom is -0.504 e. The summed E-state index contributed by atoms with van der Waals surface area (Å²) >= 11 is 0. The third kappa shape index (κ3) is 14.2. The Hall–Kier alpha value is -7.88. The minimum absolute atomic E-state index is 0.112. The number of carbonyl (C=O) groups is 4. The normalized spacial score (nSPS) is 11.5. The van der Waals surface area contributed by atoms with Gasteiger partial charge in [0, 0.05) is 24.3 Å². The molecular formula is C45H44O16. The summed E-state index contributed by atoms with van der Waals surface area (Å²) in [5.74, 6) is -3.34. The highest BCUT2D eigenvalue weighted by Gasteiger charge is 2.37. The maximum absolute atomic E-state index is 13.1. The SMILES string of the molecule is COc1cc(/C=C/C(=O)OCC(COC(=O)/C=C/c2ccc(O)c(OC)c2)(COC(=O)/C=C/c2ccc(O)c(OC)c2)COC(=O)/C=C/c2ccc(O)c(OC)c2)ccc1O. The molecule has 0 amide bonds. The predicted octanol–water partition coefficient (Wildman–Crippen LogP) is 5.86. The van der Waals surface area contributed by atoms with Crippen molar-refractivity contribution in [3.8, 4) is 46.0 Å². The summed E-state index contributed by atoms with van der Waals surface area (Å²) < 4.78 is 42.7. The van der Waals surface area contributed by atoms with Crippen molar-refractivity contribution < 1.29 is 77.5 Å². The molecule has 0 saturated carbocycles. The molecule has 4 rings (SSSR count). The summed E-state index contributed by atoms with van der Waals surface area (Å²) in [6.45, 7) is -2.45. The first-order valence-corrected chi connectivity index (χ1v) is 18.1. The van der Waals surface area contributed by atoms with Gasteiger partial charge in [0.05, 0.1) is 28.4 Å². The van der Waals surface area contributed by atoms with Crippen LogP contribution in [-0.2, 0) is 38.1 Å². The summed E-state index contributed by atoms with van der Waals surface area (Å²) in [7, 11) is 5.46. The van der Waals surface area contributed by atoms with E-state index in [1.165, 1.54) is 126 Å². The number of benzene rings is 4. The first-order chi connectivity index (χ1) is 29.3. The lowest BCUT2D eigenvalue weighted by atomic mass is 9.92. The zero-order valence-electron chi connectivity index (χ0n) is 33.6. The van der Waals surface area contributed by atoms with Crippen molar-refractivity contribution in [1.82, 2.24) is 0 Å². The van der Waals surface area contributed by atoms with Crippen LogP contribution in [0.15, 0.2) is 97.1 Å². The quantitative estimate of drug-likeness (QED) is 0.0465. The zero-order chi connectivity index (χ0) is 44.4. The summed E-state index contributed by atoms with van der Waals surface area (Å²) in [4.78, 5) is 52.3. The molecule has 320 valence electrons. The Kier molecular flexibility index (Phi) is 16.8. The fourth-order valence-electron chi connectivity index (χ4n) is 5.19. The minimum atomic E-state index is -1.70. The Labute approximate surface area is 350 Å². The predicted molar refractivity (Wildman–Crippen MR) is 221 cm³/mol. The molecule has 0 radical (unpaired) electrons. The maximum atomic E-state index is 13.1. The molecule has 0 heterocycles. The molecule has 16 heteroatoms. The van der Waals surface area contributed by atoms with E-state index in [4.69, 9.17) is 37.9 Å². The molecule has 16 nitrogen and oxygen atoms in total. The average molecular weight is 841 g/mol. The van der Waals surface area contributed by atoms with E-state index in [1.54, 1.807) is 0 Å². The van der Waals surface area contributed by atoms with Gasteiger partial charge >= 0.3 is 23.9 Å². The molecule has 0 aliphatic rings. The van der Waals surface area contributed by atoms with Crippen molar-refractivity contribution in [3.63, 3.8) is 0 Å². The van der Waals surface area contributed by atoms with Gasteiger partial charge in [-0.2, -0.15) is 0 Å². The number of phenols is 4. The number of aromatic hydroxyl groups is 4. The van der Waals surface area contributed by atoms with Crippen LogP contribution in [0.25, 0.3) is 24.3 Å². The Morgan fingerprint density at radius 1 is 0.410 bits per heavy atom. The second-order valence-corrected chi connectivity index (χ2v) is 13.0. The maximum Gasteiger partial charge on any atom is 0.330 e. The summed E-state index contributed by atoms with van der Waals surface area (Å²) in [5, 5.41) is 39.7. The number of methoxy groups -OCH3 is 4.